The second kappa shape index (κ2) is 9.54. The summed E-state index contributed by atoms with van der Waals surface area (Å²) in [6.45, 7) is 11.2. The molecule has 3 aromatic rings. The van der Waals surface area contributed by atoms with Crippen LogP contribution in [0.15, 0.2) is 54.6 Å². The largest absolute Gasteiger partial charge is 0.302 e. The van der Waals surface area contributed by atoms with Gasteiger partial charge in [0.1, 0.15) is 0 Å². The van der Waals surface area contributed by atoms with E-state index in [1.54, 1.807) is 30.3 Å². The van der Waals surface area contributed by atoms with Crippen LogP contribution in [0.1, 0.15) is 54.1 Å². The molecule has 0 bridgehead atoms. The maximum Gasteiger partial charge on any atom is 0.248 e. The summed E-state index contributed by atoms with van der Waals surface area (Å²) in [5.74, 6) is 0. The Hall–Kier alpha value is -2.17. The Morgan fingerprint density at radius 1 is 0.613 bits per heavy atom. The first-order valence-electron chi connectivity index (χ1n) is 9.98. The van der Waals surface area contributed by atoms with Gasteiger partial charge < -0.3 is 4.57 Å². The molecule has 0 saturated heterocycles. The van der Waals surface area contributed by atoms with Gasteiger partial charge in [-0.3, -0.25) is 9.59 Å². The fourth-order valence-electron chi connectivity index (χ4n) is 4.31. The van der Waals surface area contributed by atoms with Gasteiger partial charge in [-0.2, -0.15) is 0 Å². The van der Waals surface area contributed by atoms with Gasteiger partial charge in [0, 0.05) is 35.3 Å². The molecular formula is C26H27LiO3P. The molecule has 0 spiro atoms. The molecule has 0 unspecified atom stereocenters. The van der Waals surface area contributed by atoms with E-state index in [-0.39, 0.29) is 24.2 Å². The molecule has 0 fully saturated rings. The molecule has 0 atom stereocenters. The molecule has 0 aliphatic heterocycles. The van der Waals surface area contributed by atoms with Gasteiger partial charge in [0.15, 0.2) is 0 Å². The summed E-state index contributed by atoms with van der Waals surface area (Å²) in [5, 5.41) is 0.277. The van der Waals surface area contributed by atoms with Crippen LogP contribution in [-0.2, 0) is 4.57 Å². The monoisotopic (exact) mass is 425 g/mol. The number of carbonyl (C=O) groups excluding carboxylic acids is 2. The standard InChI is InChI=1S/C26H27O3P.Li/c1-16-12-18(3)23(19(4)13-16)25(27)30(29,22-10-8-7-9-11-22)26(28)24-20(5)14-17(2)15-21(24)6;/h7-15H,1-6H3;. The molecule has 0 aliphatic carbocycles. The second-order valence-corrected chi connectivity index (χ2v) is 10.6. The van der Waals surface area contributed by atoms with Crippen LogP contribution in [0.4, 0.5) is 0 Å². The van der Waals surface area contributed by atoms with E-state index in [9.17, 15) is 14.2 Å². The molecule has 0 aliphatic rings. The second-order valence-electron chi connectivity index (χ2n) is 8.10. The Labute approximate surface area is 196 Å². The zero-order valence-corrected chi connectivity index (χ0v) is 20.3. The van der Waals surface area contributed by atoms with Crippen molar-refractivity contribution in [1.29, 1.82) is 0 Å². The summed E-state index contributed by atoms with van der Waals surface area (Å²) in [7, 11) is -4.11. The first-order chi connectivity index (χ1) is 14.1. The number of hydrogen-bond donors (Lipinski definition) is 0. The van der Waals surface area contributed by atoms with Gasteiger partial charge in [-0.25, -0.2) is 0 Å². The van der Waals surface area contributed by atoms with E-state index in [0.717, 1.165) is 33.4 Å². The third-order valence-electron chi connectivity index (χ3n) is 5.47. The summed E-state index contributed by atoms with van der Waals surface area (Å²) in [4.78, 5) is 27.7. The first kappa shape index (κ1) is 25.1. The van der Waals surface area contributed by atoms with Gasteiger partial charge in [-0.1, -0.05) is 65.7 Å². The third kappa shape index (κ3) is 4.56. The fraction of sp³-hybridized carbons (Fsp3) is 0.231. The minimum Gasteiger partial charge on any atom is -0.302 e. The summed E-state index contributed by atoms with van der Waals surface area (Å²) >= 11 is 0. The maximum absolute atomic E-state index is 14.5. The smallest absolute Gasteiger partial charge is 0.248 e. The predicted molar refractivity (Wildman–Crippen MR) is 129 cm³/mol. The average molecular weight is 425 g/mol. The van der Waals surface area contributed by atoms with E-state index >= 15 is 0 Å². The summed E-state index contributed by atoms with van der Waals surface area (Å²) < 4.78 is 14.5. The van der Waals surface area contributed by atoms with Crippen LogP contribution < -0.4 is 5.30 Å². The van der Waals surface area contributed by atoms with Gasteiger partial charge in [0.05, 0.1) is 0 Å². The SMILES string of the molecule is Cc1cc(C)c(C(=O)P(=O)(C(=O)c2c(C)cc(C)cc2C)c2ccccc2)c(C)c1.[Li]. The van der Waals surface area contributed by atoms with Crippen molar-refractivity contribution in [2.75, 3.05) is 0 Å². The Morgan fingerprint density at radius 3 is 1.26 bits per heavy atom. The Bertz CT molecular complexity index is 1090. The minimum atomic E-state index is -4.11. The Kier molecular flexibility index (Phi) is 7.72. The van der Waals surface area contributed by atoms with Crippen molar-refractivity contribution in [2.24, 2.45) is 0 Å². The zero-order chi connectivity index (χ0) is 22.2. The van der Waals surface area contributed by atoms with Crippen molar-refractivity contribution in [3.05, 3.63) is 99.1 Å². The first-order valence-corrected chi connectivity index (χ1v) is 11.7. The molecule has 31 heavy (non-hydrogen) atoms. The molecule has 155 valence electrons. The minimum absolute atomic E-state index is 0. The summed E-state index contributed by atoms with van der Waals surface area (Å²) in [5.41, 5.74) is 4.56. The van der Waals surface area contributed by atoms with Gasteiger partial charge >= 0.3 is 0 Å². The van der Waals surface area contributed by atoms with Gasteiger partial charge in [-0.05, 0) is 63.8 Å². The van der Waals surface area contributed by atoms with Crippen molar-refractivity contribution in [2.45, 2.75) is 41.5 Å². The average Bonchev–Trinajstić information content (AvgIpc) is 2.66. The summed E-state index contributed by atoms with van der Waals surface area (Å²) in [6, 6.07) is 16.0. The number of rotatable bonds is 5. The molecule has 0 amide bonds. The zero-order valence-electron chi connectivity index (χ0n) is 19.4. The number of aryl methyl sites for hydroxylation is 6. The van der Waals surface area contributed by atoms with E-state index in [1.165, 1.54) is 0 Å². The maximum atomic E-state index is 14.5. The quantitative estimate of drug-likeness (QED) is 0.382. The molecule has 1 radical (unpaired) electrons. The van der Waals surface area contributed by atoms with E-state index in [4.69, 9.17) is 0 Å². The molecule has 3 nitrogen and oxygen atoms in total. The van der Waals surface area contributed by atoms with Gasteiger partial charge in [0.25, 0.3) is 0 Å². The van der Waals surface area contributed by atoms with Gasteiger partial charge in [0.2, 0.25) is 18.2 Å². The molecule has 0 aromatic heterocycles. The van der Waals surface area contributed by atoms with Crippen LogP contribution in [0.3, 0.4) is 0 Å². The normalized spacial score (nSPS) is 11.0. The van der Waals surface area contributed by atoms with Crippen LogP contribution >= 0.6 is 7.14 Å². The molecule has 5 heteroatoms. The van der Waals surface area contributed by atoms with E-state index < -0.39 is 18.2 Å². The van der Waals surface area contributed by atoms with Crippen molar-refractivity contribution < 1.29 is 14.2 Å². The Balaban J connectivity index is 0.00000341. The van der Waals surface area contributed by atoms with Crippen LogP contribution in [0.5, 0.6) is 0 Å². The third-order valence-corrected chi connectivity index (χ3v) is 8.09. The van der Waals surface area contributed by atoms with E-state index in [1.807, 2.05) is 65.8 Å². The van der Waals surface area contributed by atoms with Crippen LogP contribution in [0.2, 0.25) is 0 Å². The molecular weight excluding hydrogens is 398 g/mol. The topological polar surface area (TPSA) is 51.2 Å². The van der Waals surface area contributed by atoms with Crippen LogP contribution in [0, 0.1) is 41.5 Å². The molecule has 0 N–H and O–H groups in total. The Morgan fingerprint density at radius 2 is 0.935 bits per heavy atom. The van der Waals surface area contributed by atoms with Gasteiger partial charge in [-0.15, -0.1) is 0 Å². The van der Waals surface area contributed by atoms with E-state index in [2.05, 4.69) is 0 Å². The molecule has 0 heterocycles. The van der Waals surface area contributed by atoms with Crippen molar-refractivity contribution in [1.82, 2.24) is 0 Å². The predicted octanol–water partition coefficient (Wildman–Crippen LogP) is 5.83. The number of benzene rings is 3. The number of hydrogen-bond acceptors (Lipinski definition) is 3. The van der Waals surface area contributed by atoms with Crippen LogP contribution in [0.25, 0.3) is 0 Å². The van der Waals surface area contributed by atoms with Crippen molar-refractivity contribution >= 4 is 42.4 Å². The molecule has 3 rings (SSSR count). The van der Waals surface area contributed by atoms with Crippen LogP contribution in [-0.4, -0.2) is 29.9 Å². The van der Waals surface area contributed by atoms with E-state index in [0.29, 0.717) is 11.1 Å². The molecule has 3 aromatic carbocycles. The fourth-order valence-corrected chi connectivity index (χ4v) is 6.89. The van der Waals surface area contributed by atoms with Crippen molar-refractivity contribution in [3.63, 3.8) is 0 Å². The number of carbonyl (C=O) groups is 2. The van der Waals surface area contributed by atoms with Crippen molar-refractivity contribution in [3.8, 4) is 0 Å². The molecule has 0 saturated carbocycles. The summed E-state index contributed by atoms with van der Waals surface area (Å²) in [6.07, 6.45) is 0.